The summed E-state index contributed by atoms with van der Waals surface area (Å²) in [5.41, 5.74) is -0.485. The Hall–Kier alpha value is -2.30. The summed E-state index contributed by atoms with van der Waals surface area (Å²) in [7, 11) is 0. The second-order valence-corrected chi connectivity index (χ2v) is 4.97. The molecular formula is C12H15N5O5. The van der Waals surface area contributed by atoms with E-state index >= 15 is 0 Å². The highest BCUT2D eigenvalue weighted by molar-refractivity contribution is 5.87. The van der Waals surface area contributed by atoms with E-state index in [4.69, 9.17) is 6.11 Å². The minimum absolute atomic E-state index is 0.00119. The molecule has 3 heterocycles. The number of hydrogen-bond donors (Lipinski definition) is 4. The Morgan fingerprint density at radius 2 is 2.32 bits per heavy atom. The first-order valence-electron chi connectivity index (χ1n) is 7.18. The number of carbonyl (C=O) groups is 1. The molecule has 0 aliphatic carbocycles. The van der Waals surface area contributed by atoms with Crippen molar-refractivity contribution >= 4 is 23.0 Å². The standard InChI is InChI=1S/C12H15N5O5/c1-4-7(19)8(20)11(22-4)17-3-13-6-9(17)15-12(14-5(2)18)16-10(6)21/h3-4,7-8,11,19-20H,1-2H3,(H2,14,15,16,18,21)/t4-,7?,8+,11-/m1/s1/i1D. The first-order valence-corrected chi connectivity index (χ1v) is 6.47. The molecule has 1 saturated heterocycles. The minimum Gasteiger partial charge on any atom is -0.388 e. The van der Waals surface area contributed by atoms with Crippen LogP contribution in [0.25, 0.3) is 11.2 Å². The highest BCUT2D eigenvalue weighted by Crippen LogP contribution is 2.30. The quantitative estimate of drug-likeness (QED) is 0.541. The third-order valence-corrected chi connectivity index (χ3v) is 3.34. The number of fused-ring (bicyclic) bond motifs is 1. The molecule has 118 valence electrons. The van der Waals surface area contributed by atoms with Crippen molar-refractivity contribution < 1.29 is 21.1 Å². The number of anilines is 1. The van der Waals surface area contributed by atoms with E-state index in [-0.39, 0.29) is 24.0 Å². The second kappa shape index (κ2) is 5.16. The molecule has 1 fully saturated rings. The van der Waals surface area contributed by atoms with Crippen LogP contribution in [0.4, 0.5) is 5.95 Å². The summed E-state index contributed by atoms with van der Waals surface area (Å²) < 4.78 is 14.0. The molecular weight excluding hydrogens is 294 g/mol. The summed E-state index contributed by atoms with van der Waals surface area (Å²) in [6.07, 6.45) is -3.17. The zero-order valence-corrected chi connectivity index (χ0v) is 11.6. The van der Waals surface area contributed by atoms with Crippen molar-refractivity contribution in [1.29, 1.82) is 0 Å². The van der Waals surface area contributed by atoms with E-state index in [1.165, 1.54) is 17.8 Å². The van der Waals surface area contributed by atoms with Crippen LogP contribution in [0.1, 0.15) is 21.4 Å². The molecule has 4 N–H and O–H groups in total. The van der Waals surface area contributed by atoms with Gasteiger partial charge in [0.25, 0.3) is 5.56 Å². The predicted octanol–water partition coefficient (Wildman–Crippen LogP) is -1.28. The number of nitrogens with zero attached hydrogens (tertiary/aromatic N) is 3. The van der Waals surface area contributed by atoms with Crippen LogP contribution in [0.5, 0.6) is 0 Å². The molecule has 1 amide bonds. The van der Waals surface area contributed by atoms with Gasteiger partial charge in [-0.2, -0.15) is 4.98 Å². The smallest absolute Gasteiger partial charge is 0.280 e. The number of aliphatic hydroxyl groups is 2. The van der Waals surface area contributed by atoms with Gasteiger partial charge in [0, 0.05) is 8.29 Å². The molecule has 22 heavy (non-hydrogen) atoms. The van der Waals surface area contributed by atoms with Crippen LogP contribution in [0.2, 0.25) is 0 Å². The fourth-order valence-corrected chi connectivity index (χ4v) is 2.30. The largest absolute Gasteiger partial charge is 0.388 e. The van der Waals surface area contributed by atoms with Crippen molar-refractivity contribution in [3.63, 3.8) is 0 Å². The average molecular weight is 310 g/mol. The molecule has 0 radical (unpaired) electrons. The van der Waals surface area contributed by atoms with Crippen molar-refractivity contribution in [2.45, 2.75) is 38.4 Å². The lowest BCUT2D eigenvalue weighted by Gasteiger charge is -2.16. The lowest BCUT2D eigenvalue weighted by atomic mass is 10.1. The number of aromatic nitrogens is 4. The zero-order valence-electron chi connectivity index (χ0n) is 12.6. The van der Waals surface area contributed by atoms with E-state index in [1.807, 2.05) is 0 Å². The van der Waals surface area contributed by atoms with Gasteiger partial charge in [-0.05, 0) is 6.90 Å². The van der Waals surface area contributed by atoms with E-state index in [2.05, 4.69) is 20.3 Å². The van der Waals surface area contributed by atoms with E-state index in [9.17, 15) is 19.8 Å². The summed E-state index contributed by atoms with van der Waals surface area (Å²) in [4.78, 5) is 33.4. The summed E-state index contributed by atoms with van der Waals surface area (Å²) in [5, 5.41) is 22.3. The Morgan fingerprint density at radius 1 is 1.55 bits per heavy atom. The first-order chi connectivity index (χ1) is 10.9. The molecule has 3 rings (SSSR count). The lowest BCUT2D eigenvalue weighted by molar-refractivity contribution is -0.114. The summed E-state index contributed by atoms with van der Waals surface area (Å²) >= 11 is 0. The Bertz CT molecular complexity index is 805. The minimum atomic E-state index is -1.30. The normalized spacial score (nSPS) is 28.8. The predicted molar refractivity (Wildman–Crippen MR) is 74.0 cm³/mol. The molecule has 0 aromatic carbocycles. The third-order valence-electron chi connectivity index (χ3n) is 3.34. The number of ether oxygens (including phenoxy) is 1. The number of carbonyl (C=O) groups excluding carboxylic acids is 1. The number of hydrogen-bond acceptors (Lipinski definition) is 7. The van der Waals surface area contributed by atoms with Crippen LogP contribution in [0.15, 0.2) is 11.1 Å². The van der Waals surface area contributed by atoms with Crippen molar-refractivity contribution in [3.05, 3.63) is 16.7 Å². The number of imidazole rings is 1. The van der Waals surface area contributed by atoms with Crippen molar-refractivity contribution in [3.8, 4) is 0 Å². The number of rotatable bonds is 2. The van der Waals surface area contributed by atoms with Gasteiger partial charge in [-0.1, -0.05) is 0 Å². The van der Waals surface area contributed by atoms with Gasteiger partial charge in [-0.15, -0.1) is 0 Å². The fourth-order valence-electron chi connectivity index (χ4n) is 2.30. The Balaban J connectivity index is 2.06. The molecule has 10 heteroatoms. The Morgan fingerprint density at radius 3 is 2.95 bits per heavy atom. The topological polar surface area (TPSA) is 142 Å². The van der Waals surface area contributed by atoms with Crippen LogP contribution in [-0.2, 0) is 9.53 Å². The molecule has 1 aliphatic rings. The van der Waals surface area contributed by atoms with Crippen LogP contribution in [0.3, 0.4) is 0 Å². The fraction of sp³-hybridized carbons (Fsp3) is 0.500. The Labute approximate surface area is 125 Å². The van der Waals surface area contributed by atoms with Crippen LogP contribution < -0.4 is 10.9 Å². The summed E-state index contributed by atoms with van der Waals surface area (Å²) in [6.45, 7) is 1.03. The molecule has 0 bridgehead atoms. The third kappa shape index (κ3) is 2.26. The van der Waals surface area contributed by atoms with Crippen LogP contribution in [0, 0.1) is 0 Å². The molecule has 2 aromatic heterocycles. The van der Waals surface area contributed by atoms with Gasteiger partial charge in [0.1, 0.15) is 12.2 Å². The van der Waals surface area contributed by atoms with Crippen molar-refractivity contribution in [2.24, 2.45) is 0 Å². The van der Waals surface area contributed by atoms with Gasteiger partial charge in [-0.25, -0.2) is 4.98 Å². The highest BCUT2D eigenvalue weighted by atomic mass is 16.6. The van der Waals surface area contributed by atoms with E-state index in [0.717, 1.165) is 0 Å². The number of H-pyrrole nitrogens is 1. The van der Waals surface area contributed by atoms with Gasteiger partial charge in [0.05, 0.1) is 12.4 Å². The number of aromatic amines is 1. The molecule has 10 nitrogen and oxygen atoms in total. The first kappa shape index (κ1) is 13.4. The molecule has 1 aliphatic heterocycles. The van der Waals surface area contributed by atoms with E-state index < -0.39 is 36.0 Å². The number of amides is 1. The highest BCUT2D eigenvalue weighted by Gasteiger charge is 2.42. The molecule has 0 spiro atoms. The number of aliphatic hydroxyl groups excluding tert-OH is 2. The maximum Gasteiger partial charge on any atom is 0.280 e. The molecule has 2 aromatic rings. The van der Waals surface area contributed by atoms with Gasteiger partial charge in [-0.3, -0.25) is 24.5 Å². The van der Waals surface area contributed by atoms with Crippen molar-refractivity contribution in [1.82, 2.24) is 19.5 Å². The zero-order chi connectivity index (χ0) is 16.7. The van der Waals surface area contributed by atoms with Gasteiger partial charge >= 0.3 is 0 Å². The lowest BCUT2D eigenvalue weighted by Crippen LogP contribution is -2.30. The van der Waals surface area contributed by atoms with Gasteiger partial charge in [0.2, 0.25) is 11.9 Å². The average Bonchev–Trinajstić information content (AvgIpc) is 3.01. The van der Waals surface area contributed by atoms with Crippen LogP contribution >= 0.6 is 0 Å². The maximum atomic E-state index is 12.0. The van der Waals surface area contributed by atoms with E-state index in [1.54, 1.807) is 0 Å². The maximum absolute atomic E-state index is 12.0. The Kier molecular flexibility index (Phi) is 3.13. The second-order valence-electron chi connectivity index (χ2n) is 4.97. The SMILES string of the molecule is [2H]C[C@H]1O[C@@H](n2cnc3c(=O)[nH]c(NC(C)=O)nc32)[C@@H](O)C1O. The summed E-state index contributed by atoms with van der Waals surface area (Å²) in [5.74, 6) is -0.484. The molecule has 0 saturated carbocycles. The van der Waals surface area contributed by atoms with Crippen molar-refractivity contribution in [2.75, 3.05) is 5.32 Å². The van der Waals surface area contributed by atoms with Gasteiger partial charge < -0.3 is 14.9 Å². The van der Waals surface area contributed by atoms with E-state index in [0.29, 0.717) is 0 Å². The molecule has 4 atom stereocenters. The summed E-state index contributed by atoms with van der Waals surface area (Å²) in [6, 6.07) is 0. The molecule has 1 unspecified atom stereocenters. The monoisotopic (exact) mass is 310 g/mol. The van der Waals surface area contributed by atoms with Crippen LogP contribution in [-0.4, -0.2) is 54.0 Å². The van der Waals surface area contributed by atoms with Gasteiger partial charge in [0.15, 0.2) is 17.4 Å². The number of nitrogens with one attached hydrogen (secondary N) is 2.